The van der Waals surface area contributed by atoms with Gasteiger partial charge in [0.15, 0.2) is 0 Å². The van der Waals surface area contributed by atoms with Crippen molar-refractivity contribution < 1.29 is 13.2 Å². The van der Waals surface area contributed by atoms with Gasteiger partial charge < -0.3 is 9.64 Å². The molecule has 26 heavy (non-hydrogen) atoms. The number of halogens is 1. The van der Waals surface area contributed by atoms with Gasteiger partial charge in [-0.15, -0.1) is 0 Å². The smallest absolute Gasteiger partial charge is 0.246 e. The number of methoxy groups -OCH3 is 1. The van der Waals surface area contributed by atoms with E-state index in [9.17, 15) is 8.42 Å². The fourth-order valence-electron chi connectivity index (χ4n) is 3.93. The van der Waals surface area contributed by atoms with E-state index in [0.717, 1.165) is 29.8 Å². The van der Waals surface area contributed by atoms with Gasteiger partial charge in [0.05, 0.1) is 7.11 Å². The normalized spacial score (nSPS) is 21.8. The monoisotopic (exact) mass is 444 g/mol. The Balaban J connectivity index is 1.61. The van der Waals surface area contributed by atoms with Crippen molar-refractivity contribution in [3.8, 4) is 5.75 Å². The van der Waals surface area contributed by atoms with Gasteiger partial charge in [-0.05, 0) is 68.8 Å². The molecule has 1 aromatic carbocycles. The van der Waals surface area contributed by atoms with E-state index in [4.69, 9.17) is 4.74 Å². The number of hydrogen-bond acceptors (Lipinski definition) is 4. The third-order valence-corrected chi connectivity index (χ3v) is 8.12. The van der Waals surface area contributed by atoms with E-state index in [1.165, 1.54) is 33.0 Å². The number of likely N-dealkylation sites (tertiary alicyclic amines) is 1. The van der Waals surface area contributed by atoms with Crippen LogP contribution in [-0.4, -0.2) is 57.5 Å². The van der Waals surface area contributed by atoms with E-state index in [-0.39, 0.29) is 4.90 Å². The summed E-state index contributed by atoms with van der Waals surface area (Å²) in [6.07, 6.45) is 4.44. The van der Waals surface area contributed by atoms with Crippen molar-refractivity contribution in [2.24, 2.45) is 11.8 Å². The molecule has 0 saturated carbocycles. The summed E-state index contributed by atoms with van der Waals surface area (Å²) in [7, 11) is -2.02. The lowest BCUT2D eigenvalue weighted by atomic mass is 9.94. The number of hydrogen-bond donors (Lipinski definition) is 0. The molecule has 0 N–H and O–H groups in total. The first-order valence-electron chi connectivity index (χ1n) is 9.46. The molecule has 0 amide bonds. The quantitative estimate of drug-likeness (QED) is 0.695. The second kappa shape index (κ2) is 8.59. The zero-order valence-corrected chi connectivity index (χ0v) is 18.1. The van der Waals surface area contributed by atoms with Crippen LogP contribution in [0.25, 0.3) is 0 Å². The van der Waals surface area contributed by atoms with Crippen molar-refractivity contribution >= 4 is 26.0 Å². The van der Waals surface area contributed by atoms with Crippen LogP contribution in [0.1, 0.15) is 32.6 Å². The molecular weight excluding hydrogens is 416 g/mol. The van der Waals surface area contributed by atoms with Crippen LogP contribution < -0.4 is 4.74 Å². The van der Waals surface area contributed by atoms with Gasteiger partial charge in [-0.25, -0.2) is 8.42 Å². The zero-order chi connectivity index (χ0) is 18.7. The number of piperidine rings is 2. The largest absolute Gasteiger partial charge is 0.495 e. The summed E-state index contributed by atoms with van der Waals surface area (Å²) < 4.78 is 33.8. The lowest BCUT2D eigenvalue weighted by molar-refractivity contribution is 0.142. The second-order valence-corrected chi connectivity index (χ2v) is 10.4. The highest BCUT2D eigenvalue weighted by Gasteiger charge is 2.32. The number of nitrogens with zero attached hydrogens (tertiary/aromatic N) is 2. The van der Waals surface area contributed by atoms with Crippen LogP contribution in [0.4, 0.5) is 0 Å². The average molecular weight is 445 g/mol. The van der Waals surface area contributed by atoms with Crippen LogP contribution >= 0.6 is 15.9 Å². The highest BCUT2D eigenvalue weighted by Crippen LogP contribution is 2.32. The standard InChI is InChI=1S/C19H29BrN2O3S/c1-15-5-9-21(10-6-15)14-16-7-11-22(12-8-16)26(23,24)19-13-17(20)3-4-18(19)25-2/h3-4,13,15-16H,5-12,14H2,1-2H3. The van der Waals surface area contributed by atoms with Crippen molar-refractivity contribution in [3.05, 3.63) is 22.7 Å². The van der Waals surface area contributed by atoms with E-state index in [0.29, 0.717) is 24.8 Å². The Hall–Kier alpha value is -0.630. The van der Waals surface area contributed by atoms with Crippen molar-refractivity contribution in [3.63, 3.8) is 0 Å². The molecule has 2 aliphatic heterocycles. The third kappa shape index (κ3) is 4.61. The number of ether oxygens (including phenoxy) is 1. The predicted molar refractivity (Wildman–Crippen MR) is 107 cm³/mol. The van der Waals surface area contributed by atoms with E-state index in [1.54, 1.807) is 22.5 Å². The first kappa shape index (κ1) is 20.1. The average Bonchev–Trinajstić information content (AvgIpc) is 2.64. The van der Waals surface area contributed by atoms with E-state index >= 15 is 0 Å². The molecule has 0 bridgehead atoms. The first-order chi connectivity index (χ1) is 12.4. The molecule has 0 aromatic heterocycles. The highest BCUT2D eigenvalue weighted by molar-refractivity contribution is 9.10. The molecule has 2 saturated heterocycles. The highest BCUT2D eigenvalue weighted by atomic mass is 79.9. The Morgan fingerprint density at radius 1 is 1.12 bits per heavy atom. The molecule has 146 valence electrons. The van der Waals surface area contributed by atoms with Crippen LogP contribution in [0.3, 0.4) is 0 Å². The third-order valence-electron chi connectivity index (χ3n) is 5.71. The molecule has 3 rings (SSSR count). The molecule has 2 fully saturated rings. The van der Waals surface area contributed by atoms with Gasteiger partial charge in [-0.2, -0.15) is 4.31 Å². The summed E-state index contributed by atoms with van der Waals surface area (Å²) in [5.41, 5.74) is 0. The molecule has 0 atom stereocenters. The van der Waals surface area contributed by atoms with Crippen LogP contribution in [0.5, 0.6) is 5.75 Å². The number of rotatable bonds is 5. The van der Waals surface area contributed by atoms with Crippen LogP contribution in [-0.2, 0) is 10.0 Å². The lowest BCUT2D eigenvalue weighted by Gasteiger charge is -2.36. The van der Waals surface area contributed by atoms with Crippen molar-refractivity contribution in [2.45, 2.75) is 37.5 Å². The first-order valence-corrected chi connectivity index (χ1v) is 11.7. The summed E-state index contributed by atoms with van der Waals surface area (Å²) in [5, 5.41) is 0. The summed E-state index contributed by atoms with van der Waals surface area (Å²) in [6.45, 7) is 7.00. The number of benzene rings is 1. The number of sulfonamides is 1. The maximum atomic E-state index is 13.1. The molecule has 0 aliphatic carbocycles. The van der Waals surface area contributed by atoms with Gasteiger partial charge in [0.25, 0.3) is 0 Å². The van der Waals surface area contributed by atoms with Gasteiger partial charge in [0.1, 0.15) is 10.6 Å². The topological polar surface area (TPSA) is 49.9 Å². The van der Waals surface area contributed by atoms with Gasteiger partial charge in [-0.3, -0.25) is 0 Å². The molecule has 0 unspecified atom stereocenters. The maximum absolute atomic E-state index is 13.1. The summed E-state index contributed by atoms with van der Waals surface area (Å²) >= 11 is 3.37. The molecule has 7 heteroatoms. The van der Waals surface area contributed by atoms with Crippen LogP contribution in [0.15, 0.2) is 27.6 Å². The summed E-state index contributed by atoms with van der Waals surface area (Å²) in [5.74, 6) is 1.84. The molecule has 2 aliphatic rings. The van der Waals surface area contributed by atoms with Gasteiger partial charge in [0, 0.05) is 24.1 Å². The van der Waals surface area contributed by atoms with E-state index < -0.39 is 10.0 Å². The minimum absolute atomic E-state index is 0.248. The molecule has 0 spiro atoms. The SMILES string of the molecule is COc1ccc(Br)cc1S(=O)(=O)N1CCC(CN2CCC(C)CC2)CC1. The fourth-order valence-corrected chi connectivity index (χ4v) is 6.10. The van der Waals surface area contributed by atoms with Crippen molar-refractivity contribution in [1.82, 2.24) is 9.21 Å². The van der Waals surface area contributed by atoms with Gasteiger partial charge in [0.2, 0.25) is 10.0 Å². The molecule has 2 heterocycles. The van der Waals surface area contributed by atoms with E-state index in [1.807, 2.05) is 0 Å². The minimum atomic E-state index is -3.53. The molecular formula is C19H29BrN2O3S. The summed E-state index contributed by atoms with van der Waals surface area (Å²) in [4.78, 5) is 2.81. The van der Waals surface area contributed by atoms with Crippen LogP contribution in [0, 0.1) is 11.8 Å². The molecule has 1 aromatic rings. The van der Waals surface area contributed by atoms with Gasteiger partial charge >= 0.3 is 0 Å². The van der Waals surface area contributed by atoms with Crippen molar-refractivity contribution in [1.29, 1.82) is 0 Å². The predicted octanol–water partition coefficient (Wildman–Crippen LogP) is 3.59. The van der Waals surface area contributed by atoms with E-state index in [2.05, 4.69) is 27.8 Å². The Kier molecular flexibility index (Phi) is 6.64. The minimum Gasteiger partial charge on any atom is -0.495 e. The summed E-state index contributed by atoms with van der Waals surface area (Å²) in [6, 6.07) is 5.12. The van der Waals surface area contributed by atoms with Crippen molar-refractivity contribution in [2.75, 3.05) is 39.8 Å². The molecule has 5 nitrogen and oxygen atoms in total. The van der Waals surface area contributed by atoms with Gasteiger partial charge in [-0.1, -0.05) is 22.9 Å². The Bertz CT molecular complexity index is 709. The zero-order valence-electron chi connectivity index (χ0n) is 15.7. The Labute approximate surface area is 165 Å². The maximum Gasteiger partial charge on any atom is 0.246 e. The fraction of sp³-hybridized carbons (Fsp3) is 0.684. The lowest BCUT2D eigenvalue weighted by Crippen LogP contribution is -2.43. The Morgan fingerprint density at radius 3 is 2.38 bits per heavy atom. The Morgan fingerprint density at radius 2 is 1.77 bits per heavy atom. The second-order valence-electron chi connectivity index (χ2n) is 7.63. The van der Waals surface area contributed by atoms with Crippen LogP contribution in [0.2, 0.25) is 0 Å². The molecule has 0 radical (unpaired) electrons.